The van der Waals surface area contributed by atoms with Gasteiger partial charge in [-0.3, -0.25) is 0 Å². The summed E-state index contributed by atoms with van der Waals surface area (Å²) in [4.78, 5) is 11.9. The third-order valence-corrected chi connectivity index (χ3v) is 3.27. The van der Waals surface area contributed by atoms with Gasteiger partial charge in [0.25, 0.3) is 0 Å². The predicted octanol–water partition coefficient (Wildman–Crippen LogP) is 2.17. The molecule has 1 saturated carbocycles. The lowest BCUT2D eigenvalue weighted by atomic mass is 9.79. The number of carbonyl (C=O) groups is 1. The van der Waals surface area contributed by atoms with Crippen LogP contribution in [0.25, 0.3) is 0 Å². The third kappa shape index (κ3) is 4.94. The van der Waals surface area contributed by atoms with Gasteiger partial charge in [-0.15, -0.1) is 0 Å². The molecule has 0 atom stereocenters. The van der Waals surface area contributed by atoms with Crippen LogP contribution in [0, 0.1) is 0 Å². The topological polar surface area (TPSA) is 61.4 Å². The van der Waals surface area contributed by atoms with Crippen LogP contribution in [0.15, 0.2) is 0 Å². The summed E-state index contributed by atoms with van der Waals surface area (Å²) in [6.45, 7) is 6.03. The van der Waals surface area contributed by atoms with Crippen molar-refractivity contribution in [2.24, 2.45) is 0 Å². The molecule has 17 heavy (non-hydrogen) atoms. The number of rotatable bonds is 3. The zero-order valence-corrected chi connectivity index (χ0v) is 11.3. The SMILES string of the molecule is CC(C)(C)NC(=O)NC1(CCO)CCCCC1. The average Bonchev–Trinajstić information content (AvgIpc) is 2.15. The summed E-state index contributed by atoms with van der Waals surface area (Å²) in [5.41, 5.74) is -0.415. The van der Waals surface area contributed by atoms with Crippen LogP contribution < -0.4 is 10.6 Å². The van der Waals surface area contributed by atoms with Gasteiger partial charge in [0, 0.05) is 17.7 Å². The van der Waals surface area contributed by atoms with Crippen molar-refractivity contribution in [1.82, 2.24) is 10.6 Å². The molecule has 0 unspecified atom stereocenters. The van der Waals surface area contributed by atoms with Gasteiger partial charge in [0.2, 0.25) is 0 Å². The number of aliphatic hydroxyl groups is 1. The Hall–Kier alpha value is -0.770. The standard InChI is InChI=1S/C13H26N2O2/c1-12(2,3)14-11(17)15-13(9-10-16)7-5-4-6-8-13/h16H,4-10H2,1-3H3,(H2,14,15,17). The maximum Gasteiger partial charge on any atom is 0.315 e. The number of nitrogens with one attached hydrogen (secondary N) is 2. The minimum atomic E-state index is -0.223. The van der Waals surface area contributed by atoms with Gasteiger partial charge in [0.15, 0.2) is 0 Å². The summed E-state index contributed by atoms with van der Waals surface area (Å²) in [6, 6.07) is -0.118. The van der Waals surface area contributed by atoms with Crippen molar-refractivity contribution >= 4 is 6.03 Å². The summed E-state index contributed by atoms with van der Waals surface area (Å²) < 4.78 is 0. The Morgan fingerprint density at radius 2 is 1.82 bits per heavy atom. The van der Waals surface area contributed by atoms with E-state index >= 15 is 0 Å². The molecule has 0 aliphatic heterocycles. The van der Waals surface area contributed by atoms with Crippen molar-refractivity contribution in [3.8, 4) is 0 Å². The minimum absolute atomic E-state index is 0.118. The molecule has 1 aliphatic rings. The number of carbonyl (C=O) groups excluding carboxylic acids is 1. The normalized spacial score (nSPS) is 19.8. The van der Waals surface area contributed by atoms with Gasteiger partial charge in [-0.1, -0.05) is 19.3 Å². The minimum Gasteiger partial charge on any atom is -0.396 e. The molecule has 0 spiro atoms. The van der Waals surface area contributed by atoms with E-state index in [0.717, 1.165) is 25.7 Å². The maximum absolute atomic E-state index is 11.9. The van der Waals surface area contributed by atoms with E-state index in [-0.39, 0.29) is 23.7 Å². The Labute approximate surface area is 104 Å². The molecule has 4 heteroatoms. The van der Waals surface area contributed by atoms with Gasteiger partial charge in [0.05, 0.1) is 0 Å². The van der Waals surface area contributed by atoms with E-state index in [9.17, 15) is 4.79 Å². The summed E-state index contributed by atoms with van der Waals surface area (Å²) >= 11 is 0. The molecule has 0 aromatic heterocycles. The Bertz CT molecular complexity index is 247. The Morgan fingerprint density at radius 3 is 2.29 bits per heavy atom. The van der Waals surface area contributed by atoms with E-state index in [1.54, 1.807) is 0 Å². The molecule has 0 saturated heterocycles. The highest BCUT2D eigenvalue weighted by Crippen LogP contribution is 2.30. The fraction of sp³-hybridized carbons (Fsp3) is 0.923. The first-order valence-electron chi connectivity index (χ1n) is 6.58. The van der Waals surface area contributed by atoms with Crippen LogP contribution in [0.3, 0.4) is 0 Å². The molecule has 2 amide bonds. The first-order valence-corrected chi connectivity index (χ1v) is 6.58. The Morgan fingerprint density at radius 1 is 1.24 bits per heavy atom. The fourth-order valence-electron chi connectivity index (χ4n) is 2.49. The molecule has 4 nitrogen and oxygen atoms in total. The molecule has 1 aliphatic carbocycles. The van der Waals surface area contributed by atoms with Crippen molar-refractivity contribution in [2.45, 2.75) is 70.4 Å². The van der Waals surface area contributed by atoms with E-state index in [4.69, 9.17) is 5.11 Å². The number of hydrogen-bond acceptors (Lipinski definition) is 2. The zero-order valence-electron chi connectivity index (χ0n) is 11.3. The van der Waals surface area contributed by atoms with Gasteiger partial charge >= 0.3 is 6.03 Å². The molecule has 1 fully saturated rings. The summed E-state index contributed by atoms with van der Waals surface area (Å²) in [5.74, 6) is 0. The molecule has 0 heterocycles. The lowest BCUT2D eigenvalue weighted by molar-refractivity contribution is 0.161. The highest BCUT2D eigenvalue weighted by atomic mass is 16.3. The van der Waals surface area contributed by atoms with Gasteiger partial charge in [-0.25, -0.2) is 4.79 Å². The van der Waals surface area contributed by atoms with Gasteiger partial charge in [0.1, 0.15) is 0 Å². The maximum atomic E-state index is 11.9. The average molecular weight is 242 g/mol. The number of urea groups is 1. The number of aliphatic hydroxyl groups excluding tert-OH is 1. The molecule has 0 radical (unpaired) electrons. The molecular formula is C13H26N2O2. The van der Waals surface area contributed by atoms with Gasteiger partial charge in [-0.2, -0.15) is 0 Å². The third-order valence-electron chi connectivity index (χ3n) is 3.27. The van der Waals surface area contributed by atoms with E-state index < -0.39 is 0 Å². The van der Waals surface area contributed by atoms with Crippen LogP contribution in [-0.2, 0) is 0 Å². The highest BCUT2D eigenvalue weighted by molar-refractivity contribution is 5.75. The molecule has 100 valence electrons. The van der Waals surface area contributed by atoms with Crippen molar-refractivity contribution in [1.29, 1.82) is 0 Å². The van der Waals surface area contributed by atoms with E-state index in [1.165, 1.54) is 6.42 Å². The summed E-state index contributed by atoms with van der Waals surface area (Å²) in [7, 11) is 0. The molecule has 0 aromatic rings. The van der Waals surface area contributed by atoms with Crippen LogP contribution in [0.4, 0.5) is 4.79 Å². The lowest BCUT2D eigenvalue weighted by Gasteiger charge is -2.38. The second-order valence-electron chi connectivity index (χ2n) is 6.14. The second kappa shape index (κ2) is 5.71. The van der Waals surface area contributed by atoms with Crippen LogP contribution >= 0.6 is 0 Å². The number of hydrogen-bond donors (Lipinski definition) is 3. The smallest absolute Gasteiger partial charge is 0.315 e. The monoisotopic (exact) mass is 242 g/mol. The Balaban J connectivity index is 2.57. The molecule has 0 bridgehead atoms. The van der Waals surface area contributed by atoms with E-state index in [1.807, 2.05) is 20.8 Å². The molecular weight excluding hydrogens is 216 g/mol. The Kier molecular flexibility index (Phi) is 4.80. The second-order valence-corrected chi connectivity index (χ2v) is 6.14. The van der Waals surface area contributed by atoms with Crippen molar-refractivity contribution < 1.29 is 9.90 Å². The largest absolute Gasteiger partial charge is 0.396 e. The van der Waals surface area contributed by atoms with Crippen LogP contribution in [0.1, 0.15) is 59.3 Å². The predicted molar refractivity (Wildman–Crippen MR) is 68.9 cm³/mol. The quantitative estimate of drug-likeness (QED) is 0.710. The van der Waals surface area contributed by atoms with Crippen LogP contribution in [0.2, 0.25) is 0 Å². The van der Waals surface area contributed by atoms with Gasteiger partial charge in [-0.05, 0) is 40.0 Å². The number of amides is 2. The molecule has 1 rings (SSSR count). The van der Waals surface area contributed by atoms with Crippen molar-refractivity contribution in [3.63, 3.8) is 0 Å². The van der Waals surface area contributed by atoms with Crippen LogP contribution in [-0.4, -0.2) is 28.8 Å². The summed E-state index contributed by atoms with van der Waals surface area (Å²) in [6.07, 6.45) is 6.11. The van der Waals surface area contributed by atoms with Crippen molar-refractivity contribution in [3.05, 3.63) is 0 Å². The zero-order chi connectivity index (χ0) is 12.9. The van der Waals surface area contributed by atoms with E-state index in [2.05, 4.69) is 10.6 Å². The molecule has 0 aromatic carbocycles. The summed E-state index contributed by atoms with van der Waals surface area (Å²) in [5, 5.41) is 15.2. The highest BCUT2D eigenvalue weighted by Gasteiger charge is 2.33. The van der Waals surface area contributed by atoms with Crippen molar-refractivity contribution in [2.75, 3.05) is 6.61 Å². The van der Waals surface area contributed by atoms with Gasteiger partial charge < -0.3 is 15.7 Å². The lowest BCUT2D eigenvalue weighted by Crippen LogP contribution is -2.56. The fourth-order valence-corrected chi connectivity index (χ4v) is 2.49. The van der Waals surface area contributed by atoms with Crippen LogP contribution in [0.5, 0.6) is 0 Å². The van der Waals surface area contributed by atoms with E-state index in [0.29, 0.717) is 6.42 Å². The first kappa shape index (κ1) is 14.3. The molecule has 3 N–H and O–H groups in total. The first-order chi connectivity index (χ1) is 7.87.